The van der Waals surface area contributed by atoms with Gasteiger partial charge in [-0.05, 0) is 18.8 Å². The Labute approximate surface area is 137 Å². The van der Waals surface area contributed by atoms with Gasteiger partial charge in [-0.1, -0.05) is 0 Å². The van der Waals surface area contributed by atoms with E-state index in [0.717, 1.165) is 0 Å². The Morgan fingerprint density at radius 3 is 2.83 bits per heavy atom. The first-order valence-corrected chi connectivity index (χ1v) is 7.65. The summed E-state index contributed by atoms with van der Waals surface area (Å²) in [5, 5.41) is 7.92. The molecule has 3 aliphatic rings. The van der Waals surface area contributed by atoms with Crippen LogP contribution in [0.5, 0.6) is 0 Å². The van der Waals surface area contributed by atoms with Gasteiger partial charge >= 0.3 is 23.2 Å². The van der Waals surface area contributed by atoms with Gasteiger partial charge in [0, 0.05) is 6.42 Å². The Morgan fingerprint density at radius 2 is 2.17 bits per heavy atom. The van der Waals surface area contributed by atoms with E-state index in [2.05, 4.69) is 14.1 Å². The van der Waals surface area contributed by atoms with Crippen molar-refractivity contribution in [1.82, 2.24) is 0 Å². The van der Waals surface area contributed by atoms with Crippen molar-refractivity contribution in [1.29, 1.82) is 0 Å². The summed E-state index contributed by atoms with van der Waals surface area (Å²) < 4.78 is 44.0. The minimum absolute atomic E-state index is 0.201. The van der Waals surface area contributed by atoms with Crippen molar-refractivity contribution >= 4 is 30.0 Å². The second kappa shape index (κ2) is 6.10. The molecule has 0 radical (unpaired) electrons. The number of fused-ring (bicyclic) bond motifs is 1. The molecule has 1 aliphatic heterocycles. The smallest absolute Gasteiger partial charge is 0.415 e. The van der Waals surface area contributed by atoms with Gasteiger partial charge in [0.2, 0.25) is 0 Å². The van der Waals surface area contributed by atoms with Crippen LogP contribution in [0.25, 0.3) is 0 Å². The molecule has 0 N–H and O–H groups in total. The molecule has 1 saturated heterocycles. The molecule has 2 bridgehead atoms. The van der Waals surface area contributed by atoms with E-state index < -0.39 is 47.6 Å². The molecular formula is C12H11F2O9S-. The Kier molecular flexibility index (Phi) is 4.40. The molecule has 3 rings (SSSR count). The zero-order valence-electron chi connectivity index (χ0n) is 11.9. The fraction of sp³-hybridized carbons (Fsp3) is 0.750. The van der Waals surface area contributed by atoms with Crippen LogP contribution in [-0.4, -0.2) is 35.6 Å². The highest BCUT2D eigenvalue weighted by Gasteiger charge is 2.68. The molecule has 2 aliphatic carbocycles. The normalized spacial score (nSPS) is 33.5. The van der Waals surface area contributed by atoms with Gasteiger partial charge in [-0.25, -0.2) is 9.59 Å². The van der Waals surface area contributed by atoms with E-state index in [-0.39, 0.29) is 17.8 Å². The largest absolute Gasteiger partial charge is 0.691 e. The first-order valence-electron chi connectivity index (χ1n) is 6.91. The minimum Gasteiger partial charge on any atom is -0.691 e. The quantitative estimate of drug-likeness (QED) is 0.259. The third kappa shape index (κ3) is 2.94. The second-order valence-electron chi connectivity index (χ2n) is 5.77. The summed E-state index contributed by atoms with van der Waals surface area (Å²) in [6.07, 6.45) is 1.72. The Morgan fingerprint density at radius 1 is 1.42 bits per heavy atom. The number of alkyl halides is 2. The van der Waals surface area contributed by atoms with Crippen molar-refractivity contribution in [2.75, 3.05) is 6.61 Å². The van der Waals surface area contributed by atoms with Gasteiger partial charge in [-0.15, -0.1) is 0 Å². The van der Waals surface area contributed by atoms with Gasteiger partial charge < -0.3 is 19.5 Å². The van der Waals surface area contributed by atoms with Crippen LogP contribution in [0.4, 0.5) is 8.78 Å². The summed E-state index contributed by atoms with van der Waals surface area (Å²) in [5.41, 5.74) is 0. The van der Waals surface area contributed by atoms with Gasteiger partial charge in [0.15, 0.2) is 6.61 Å². The third-order valence-electron chi connectivity index (χ3n) is 4.39. The molecule has 3 fully saturated rings. The van der Waals surface area contributed by atoms with Gasteiger partial charge in [0.25, 0.3) is 5.79 Å². The van der Waals surface area contributed by atoms with Crippen molar-refractivity contribution in [3.63, 3.8) is 0 Å². The van der Waals surface area contributed by atoms with E-state index in [4.69, 9.17) is 9.47 Å². The predicted octanol–water partition coefficient (Wildman–Crippen LogP) is -0.164. The molecule has 0 spiro atoms. The van der Waals surface area contributed by atoms with Crippen molar-refractivity contribution in [2.45, 2.75) is 30.3 Å². The van der Waals surface area contributed by atoms with E-state index in [1.54, 1.807) is 0 Å². The molecule has 0 aromatic heterocycles. The van der Waals surface area contributed by atoms with Crippen molar-refractivity contribution in [2.24, 2.45) is 17.8 Å². The van der Waals surface area contributed by atoms with Gasteiger partial charge in [-0.3, -0.25) is 9.83 Å². The van der Waals surface area contributed by atoms with Crippen molar-refractivity contribution in [3.8, 4) is 0 Å². The lowest BCUT2D eigenvalue weighted by atomic mass is 9.87. The SMILES string of the molecule is O=C(COC(=O)C(F)(F)SOO[O-])OC12CC3CC(C(=O)O1)C2C3. The lowest BCUT2D eigenvalue weighted by Crippen LogP contribution is -2.41. The number of ether oxygens (including phenoxy) is 3. The molecule has 1 heterocycles. The van der Waals surface area contributed by atoms with Crippen molar-refractivity contribution < 1.29 is 52.0 Å². The number of carbonyl (C=O) groups is 3. The third-order valence-corrected chi connectivity index (χ3v) is 4.89. The molecule has 24 heavy (non-hydrogen) atoms. The molecule has 0 aromatic carbocycles. The summed E-state index contributed by atoms with van der Waals surface area (Å²) in [4.78, 5) is 34.6. The van der Waals surface area contributed by atoms with Crippen LogP contribution in [0.3, 0.4) is 0 Å². The summed E-state index contributed by atoms with van der Waals surface area (Å²) in [5.74, 6) is -5.43. The molecule has 0 amide bonds. The number of hydrogen-bond acceptors (Lipinski definition) is 10. The number of halogens is 2. The van der Waals surface area contributed by atoms with Crippen LogP contribution >= 0.6 is 12.0 Å². The van der Waals surface area contributed by atoms with Crippen LogP contribution in [0.15, 0.2) is 0 Å². The highest BCUT2D eigenvalue weighted by atomic mass is 32.2. The average Bonchev–Trinajstić information content (AvgIpc) is 3.11. The number of hydrogen-bond donors (Lipinski definition) is 0. The van der Waals surface area contributed by atoms with Crippen LogP contribution < -0.4 is 5.26 Å². The topological polar surface area (TPSA) is 120 Å². The molecule has 4 unspecified atom stereocenters. The molecule has 2 saturated carbocycles. The Balaban J connectivity index is 1.52. The van der Waals surface area contributed by atoms with E-state index in [1.165, 1.54) is 0 Å². The van der Waals surface area contributed by atoms with E-state index >= 15 is 0 Å². The van der Waals surface area contributed by atoms with Crippen LogP contribution in [0.2, 0.25) is 0 Å². The summed E-state index contributed by atoms with van der Waals surface area (Å²) in [6, 6.07) is 0. The molecule has 134 valence electrons. The molecule has 12 heteroatoms. The highest BCUT2D eigenvalue weighted by molar-refractivity contribution is 7.96. The number of carbonyl (C=O) groups excluding carboxylic acids is 3. The molecular weight excluding hydrogens is 358 g/mol. The second-order valence-corrected chi connectivity index (χ2v) is 6.59. The highest BCUT2D eigenvalue weighted by Crippen LogP contribution is 2.60. The maximum atomic E-state index is 13.1. The summed E-state index contributed by atoms with van der Waals surface area (Å²) in [7, 11) is 0. The fourth-order valence-corrected chi connectivity index (χ4v) is 3.87. The van der Waals surface area contributed by atoms with Crippen LogP contribution in [-0.2, 0) is 38.0 Å². The average molecular weight is 369 g/mol. The molecule has 4 atom stereocenters. The predicted molar refractivity (Wildman–Crippen MR) is 64.9 cm³/mol. The summed E-state index contributed by atoms with van der Waals surface area (Å²) in [6.45, 7) is -1.10. The van der Waals surface area contributed by atoms with Crippen LogP contribution in [0, 0.1) is 17.8 Å². The van der Waals surface area contributed by atoms with E-state index in [0.29, 0.717) is 19.3 Å². The van der Waals surface area contributed by atoms with Gasteiger partial charge in [-0.2, -0.15) is 13.1 Å². The minimum atomic E-state index is -4.25. The first kappa shape index (κ1) is 17.3. The Bertz CT molecular complexity index is 571. The molecule has 9 nitrogen and oxygen atoms in total. The zero-order valence-corrected chi connectivity index (χ0v) is 12.7. The molecule has 0 aromatic rings. The zero-order chi connectivity index (χ0) is 17.5. The summed E-state index contributed by atoms with van der Waals surface area (Å²) >= 11 is -0.872. The van der Waals surface area contributed by atoms with Crippen LogP contribution in [0.1, 0.15) is 19.3 Å². The van der Waals surface area contributed by atoms with Gasteiger partial charge in [0.1, 0.15) is 12.0 Å². The number of rotatable bonds is 7. The number of esters is 3. The van der Waals surface area contributed by atoms with Gasteiger partial charge in [0.05, 0.1) is 11.8 Å². The van der Waals surface area contributed by atoms with E-state index in [1.807, 2.05) is 0 Å². The monoisotopic (exact) mass is 369 g/mol. The van der Waals surface area contributed by atoms with E-state index in [9.17, 15) is 28.4 Å². The standard InChI is InChI=1S/C12H12F2O9S/c13-12(14,24-23-22-18)10(17)19-4-8(15)20-11-3-5-1-6(7(11)2-5)9(16)21-11/h5-7,18H,1-4H2/p-1. The maximum Gasteiger partial charge on any atom is 0.415 e. The fourth-order valence-electron chi connectivity index (χ4n) is 3.63. The lowest BCUT2D eigenvalue weighted by molar-refractivity contribution is -0.777. The lowest BCUT2D eigenvalue weighted by Gasteiger charge is -2.29. The van der Waals surface area contributed by atoms with Crippen molar-refractivity contribution in [3.05, 3.63) is 0 Å². The maximum absolute atomic E-state index is 13.1. The first-order chi connectivity index (χ1) is 11.3. The Hall–Kier alpha value is -1.50.